The maximum absolute atomic E-state index is 2.47. The minimum atomic E-state index is 0.638. The third kappa shape index (κ3) is 1.92. The molecule has 78 valence electrons. The second-order valence-corrected chi connectivity index (χ2v) is 6.04. The van der Waals surface area contributed by atoms with Crippen molar-refractivity contribution in [3.05, 3.63) is 0 Å². The fraction of sp³-hybridized carbons (Fsp3) is 1.00. The lowest BCUT2D eigenvalue weighted by atomic mass is 9.50. The average molecular weight is 182 g/mol. The van der Waals surface area contributed by atoms with Gasteiger partial charge in [-0.15, -0.1) is 0 Å². The van der Waals surface area contributed by atoms with E-state index in [1.807, 2.05) is 0 Å². The zero-order valence-electron chi connectivity index (χ0n) is 10.2. The van der Waals surface area contributed by atoms with E-state index in [1.165, 1.54) is 12.8 Å². The van der Waals surface area contributed by atoms with Crippen LogP contribution in [0.25, 0.3) is 0 Å². The first-order valence-electron chi connectivity index (χ1n) is 5.88. The molecular formula is C13H26. The quantitative estimate of drug-likeness (QED) is 0.608. The molecule has 0 heteroatoms. The van der Waals surface area contributed by atoms with E-state index in [0.717, 1.165) is 23.7 Å². The van der Waals surface area contributed by atoms with Crippen molar-refractivity contribution in [2.75, 3.05) is 0 Å². The predicted molar refractivity (Wildman–Crippen MR) is 59.7 cm³/mol. The molecule has 1 saturated carbocycles. The van der Waals surface area contributed by atoms with E-state index in [2.05, 4.69) is 41.5 Å². The van der Waals surface area contributed by atoms with E-state index in [0.29, 0.717) is 5.41 Å². The summed E-state index contributed by atoms with van der Waals surface area (Å²) in [7, 11) is 0. The lowest BCUT2D eigenvalue weighted by Gasteiger charge is -2.55. The van der Waals surface area contributed by atoms with Gasteiger partial charge in [0.25, 0.3) is 0 Å². The van der Waals surface area contributed by atoms with Crippen molar-refractivity contribution in [3.63, 3.8) is 0 Å². The Hall–Kier alpha value is 0. The van der Waals surface area contributed by atoms with Crippen molar-refractivity contribution >= 4 is 0 Å². The highest BCUT2D eigenvalue weighted by molar-refractivity contribution is 4.98. The minimum Gasteiger partial charge on any atom is -0.0628 e. The Labute approximate surface area is 84.1 Å². The molecule has 0 aliphatic heterocycles. The van der Waals surface area contributed by atoms with Gasteiger partial charge in [-0.25, -0.2) is 0 Å². The predicted octanol–water partition coefficient (Wildman–Crippen LogP) is 4.35. The summed E-state index contributed by atoms with van der Waals surface area (Å²) in [5.41, 5.74) is 0.638. The van der Waals surface area contributed by atoms with Crippen molar-refractivity contribution in [3.8, 4) is 0 Å². The molecule has 0 amide bonds. The van der Waals surface area contributed by atoms with Gasteiger partial charge in [-0.2, -0.15) is 0 Å². The molecule has 0 bridgehead atoms. The molecule has 0 aromatic heterocycles. The molecule has 0 saturated heterocycles. The molecular weight excluding hydrogens is 156 g/mol. The maximum atomic E-state index is 2.47. The van der Waals surface area contributed by atoms with Gasteiger partial charge in [0.2, 0.25) is 0 Å². The molecule has 1 aliphatic rings. The number of hydrogen-bond donors (Lipinski definition) is 0. The molecule has 0 aromatic rings. The Bertz CT molecular complexity index is 169. The molecule has 1 aliphatic carbocycles. The van der Waals surface area contributed by atoms with Crippen LogP contribution in [0.1, 0.15) is 54.4 Å². The molecule has 0 spiro atoms. The smallest absolute Gasteiger partial charge is 0.0272 e. The van der Waals surface area contributed by atoms with Crippen LogP contribution in [-0.2, 0) is 0 Å². The lowest BCUT2D eigenvalue weighted by Crippen LogP contribution is -2.48. The molecule has 0 radical (unpaired) electrons. The van der Waals surface area contributed by atoms with Crippen LogP contribution >= 0.6 is 0 Å². The molecule has 1 fully saturated rings. The number of hydrogen-bond acceptors (Lipinski definition) is 0. The average Bonchev–Trinajstić information content (AvgIpc) is 2.01. The summed E-state index contributed by atoms with van der Waals surface area (Å²) in [6.07, 6.45) is 2.90. The van der Waals surface area contributed by atoms with Crippen molar-refractivity contribution < 1.29 is 0 Å². The van der Waals surface area contributed by atoms with Crippen LogP contribution in [0.4, 0.5) is 0 Å². The van der Waals surface area contributed by atoms with Gasteiger partial charge in [-0.3, -0.25) is 0 Å². The summed E-state index contributed by atoms with van der Waals surface area (Å²) >= 11 is 0. The van der Waals surface area contributed by atoms with Gasteiger partial charge in [0.15, 0.2) is 0 Å². The normalized spacial score (nSPS) is 39.7. The summed E-state index contributed by atoms with van der Waals surface area (Å²) in [6.45, 7) is 14.4. The van der Waals surface area contributed by atoms with E-state index in [-0.39, 0.29) is 0 Å². The van der Waals surface area contributed by atoms with Gasteiger partial charge in [0.05, 0.1) is 0 Å². The highest BCUT2D eigenvalue weighted by Crippen LogP contribution is 2.56. The summed E-state index contributed by atoms with van der Waals surface area (Å²) in [4.78, 5) is 0. The number of rotatable bonds is 3. The fourth-order valence-electron chi connectivity index (χ4n) is 2.96. The fourth-order valence-corrected chi connectivity index (χ4v) is 2.96. The van der Waals surface area contributed by atoms with Gasteiger partial charge in [0, 0.05) is 0 Å². The summed E-state index contributed by atoms with van der Waals surface area (Å²) < 4.78 is 0. The Morgan fingerprint density at radius 1 is 1.23 bits per heavy atom. The molecule has 0 aromatic carbocycles. The molecule has 3 unspecified atom stereocenters. The summed E-state index contributed by atoms with van der Waals surface area (Å²) in [5, 5.41) is 0. The molecule has 0 nitrogen and oxygen atoms in total. The van der Waals surface area contributed by atoms with Crippen LogP contribution < -0.4 is 0 Å². The first-order valence-corrected chi connectivity index (χ1v) is 5.88. The van der Waals surface area contributed by atoms with Crippen LogP contribution in [0.3, 0.4) is 0 Å². The SMILES string of the molecule is CC(C)CC1CC(C)(C(C)C)C1C. The Balaban J connectivity index is 2.46. The monoisotopic (exact) mass is 182 g/mol. The van der Waals surface area contributed by atoms with Crippen LogP contribution in [0.5, 0.6) is 0 Å². The zero-order chi connectivity index (χ0) is 10.2. The second-order valence-electron chi connectivity index (χ2n) is 6.04. The third-order valence-corrected chi connectivity index (χ3v) is 4.54. The topological polar surface area (TPSA) is 0 Å². The molecule has 0 heterocycles. The molecule has 13 heavy (non-hydrogen) atoms. The van der Waals surface area contributed by atoms with E-state index in [4.69, 9.17) is 0 Å². The Morgan fingerprint density at radius 2 is 1.77 bits per heavy atom. The van der Waals surface area contributed by atoms with E-state index >= 15 is 0 Å². The highest BCUT2D eigenvalue weighted by Gasteiger charge is 2.48. The van der Waals surface area contributed by atoms with Gasteiger partial charge in [0.1, 0.15) is 0 Å². The van der Waals surface area contributed by atoms with Crippen LogP contribution in [0, 0.1) is 29.1 Å². The van der Waals surface area contributed by atoms with Crippen molar-refractivity contribution in [2.45, 2.75) is 54.4 Å². The standard InChI is InChI=1S/C13H26/c1-9(2)7-12-8-13(6,10(3)4)11(12)5/h9-12H,7-8H2,1-6H3. The van der Waals surface area contributed by atoms with Crippen LogP contribution in [0.15, 0.2) is 0 Å². The van der Waals surface area contributed by atoms with Gasteiger partial charge < -0.3 is 0 Å². The van der Waals surface area contributed by atoms with E-state index in [1.54, 1.807) is 0 Å². The Morgan fingerprint density at radius 3 is 2.08 bits per heavy atom. The maximum Gasteiger partial charge on any atom is -0.0272 e. The Kier molecular flexibility index (Phi) is 3.09. The van der Waals surface area contributed by atoms with Crippen molar-refractivity contribution in [1.29, 1.82) is 0 Å². The van der Waals surface area contributed by atoms with Gasteiger partial charge in [-0.05, 0) is 41.9 Å². The third-order valence-electron chi connectivity index (χ3n) is 4.54. The molecule has 1 rings (SSSR count). The zero-order valence-corrected chi connectivity index (χ0v) is 10.2. The molecule has 3 atom stereocenters. The lowest BCUT2D eigenvalue weighted by molar-refractivity contribution is -0.0625. The largest absolute Gasteiger partial charge is 0.0628 e. The first kappa shape index (κ1) is 11.1. The van der Waals surface area contributed by atoms with Crippen molar-refractivity contribution in [1.82, 2.24) is 0 Å². The van der Waals surface area contributed by atoms with Crippen LogP contribution in [-0.4, -0.2) is 0 Å². The van der Waals surface area contributed by atoms with Gasteiger partial charge in [-0.1, -0.05) is 41.5 Å². The van der Waals surface area contributed by atoms with Crippen LogP contribution in [0.2, 0.25) is 0 Å². The van der Waals surface area contributed by atoms with Crippen molar-refractivity contribution in [2.24, 2.45) is 29.1 Å². The first-order chi connectivity index (χ1) is 5.88. The summed E-state index contributed by atoms with van der Waals surface area (Å²) in [6, 6.07) is 0. The van der Waals surface area contributed by atoms with E-state index < -0.39 is 0 Å². The second kappa shape index (κ2) is 3.63. The highest BCUT2D eigenvalue weighted by atomic mass is 14.5. The minimum absolute atomic E-state index is 0.638. The van der Waals surface area contributed by atoms with Gasteiger partial charge >= 0.3 is 0 Å². The summed E-state index contributed by atoms with van der Waals surface area (Å²) in [5.74, 6) is 3.68. The van der Waals surface area contributed by atoms with E-state index in [9.17, 15) is 0 Å². The molecule has 0 N–H and O–H groups in total.